The lowest BCUT2D eigenvalue weighted by Crippen LogP contribution is -2.06. The number of fused-ring (bicyclic) bond motifs is 10. The maximum absolute atomic E-state index is 10.1. The molecule has 0 saturated carbocycles. The molecule has 8 aromatic carbocycles. The van der Waals surface area contributed by atoms with E-state index in [2.05, 4.69) is 15.0 Å². The van der Waals surface area contributed by atoms with Crippen molar-refractivity contribution in [2.24, 2.45) is 0 Å². The Morgan fingerprint density at radius 1 is 0.333 bits per heavy atom. The van der Waals surface area contributed by atoms with Gasteiger partial charge in [0.15, 0.2) is 11.6 Å². The fraction of sp³-hybridized carbons (Fsp3) is 0. The van der Waals surface area contributed by atoms with Gasteiger partial charge in [-0.05, 0) is 54.4 Å². The molecule has 6 nitrogen and oxygen atoms in total. The second-order valence-electron chi connectivity index (χ2n) is 12.1. The van der Waals surface area contributed by atoms with Crippen molar-refractivity contribution >= 4 is 65.4 Å². The summed E-state index contributed by atoms with van der Waals surface area (Å²) in [7, 11) is 0. The molecule has 266 valence electrons. The number of rotatable bonds is 5. The van der Waals surface area contributed by atoms with Gasteiger partial charge in [0, 0.05) is 54.8 Å². The summed E-state index contributed by atoms with van der Waals surface area (Å²) in [5, 5.41) is -3.67. The van der Waals surface area contributed by atoms with Crippen LogP contribution in [-0.2, 0) is 0 Å². The van der Waals surface area contributed by atoms with Crippen LogP contribution in [0.5, 0.6) is 0 Å². The maximum Gasteiger partial charge on any atom is 0.238 e. The van der Waals surface area contributed by atoms with Crippen molar-refractivity contribution in [3.05, 3.63) is 193 Å². The number of para-hydroxylation sites is 5. The molecule has 0 unspecified atom stereocenters. The molecule has 0 spiro atoms. The minimum atomic E-state index is -1.07. The third-order valence-corrected chi connectivity index (χ3v) is 9.10. The zero-order chi connectivity index (χ0) is 65.3. The molecule has 0 aliphatic carbocycles. The molecule has 0 radical (unpaired) electrons. The van der Waals surface area contributed by atoms with Crippen LogP contribution >= 0.6 is 0 Å². The van der Waals surface area contributed by atoms with Crippen molar-refractivity contribution in [1.29, 1.82) is 0 Å². The quantitative estimate of drug-likeness (QED) is 0.176. The van der Waals surface area contributed by atoms with E-state index in [0.717, 1.165) is 9.13 Å². The van der Waals surface area contributed by atoms with Crippen LogP contribution in [0.15, 0.2) is 193 Å². The van der Waals surface area contributed by atoms with Crippen molar-refractivity contribution in [3.8, 4) is 40.1 Å². The van der Waals surface area contributed by atoms with Gasteiger partial charge in [-0.2, -0.15) is 9.97 Å². The van der Waals surface area contributed by atoms with E-state index in [1.54, 1.807) is 0 Å². The van der Waals surface area contributed by atoms with Gasteiger partial charge in [-0.3, -0.25) is 4.57 Å². The molecule has 4 aromatic heterocycles. The Bertz CT molecular complexity index is 5330. The van der Waals surface area contributed by atoms with Crippen LogP contribution in [0.25, 0.3) is 106 Å². The number of hydrogen-bond donors (Lipinski definition) is 0. The smallest absolute Gasteiger partial charge is 0.238 e. The summed E-state index contributed by atoms with van der Waals surface area (Å²) in [5.74, 6) is -3.00. The Hall–Kier alpha value is -7.83. The van der Waals surface area contributed by atoms with Crippen molar-refractivity contribution < 1.29 is 43.9 Å². The summed E-state index contributed by atoms with van der Waals surface area (Å²) < 4.78 is 291. The molecule has 0 aliphatic heterocycles. The van der Waals surface area contributed by atoms with E-state index in [4.69, 9.17) is 31.5 Å². The van der Waals surface area contributed by atoms with E-state index in [0.29, 0.717) is 4.57 Å². The summed E-state index contributed by atoms with van der Waals surface area (Å²) in [4.78, 5) is 13.6. The van der Waals surface area contributed by atoms with Crippen molar-refractivity contribution in [2.75, 3.05) is 0 Å². The number of benzene rings is 8. The number of aromatic nitrogens is 6. The van der Waals surface area contributed by atoms with Gasteiger partial charge in [0.2, 0.25) is 5.95 Å². The average Bonchev–Trinajstić information content (AvgIpc) is 1.52. The van der Waals surface area contributed by atoms with Crippen LogP contribution in [-0.4, -0.2) is 28.7 Å². The Labute approximate surface area is 372 Å². The highest BCUT2D eigenvalue weighted by atomic mass is 15.2. The van der Waals surface area contributed by atoms with Crippen molar-refractivity contribution in [1.82, 2.24) is 28.7 Å². The van der Waals surface area contributed by atoms with Gasteiger partial charge in [-0.15, -0.1) is 0 Å². The Balaban J connectivity index is 1.38. The van der Waals surface area contributed by atoms with Gasteiger partial charge >= 0.3 is 0 Å². The highest BCUT2D eigenvalue weighted by Gasteiger charge is 2.23. The highest BCUT2D eigenvalue weighted by molar-refractivity contribution is 6.26. The first-order valence-electron chi connectivity index (χ1n) is 32.6. The van der Waals surface area contributed by atoms with E-state index in [9.17, 15) is 12.3 Å². The van der Waals surface area contributed by atoms with Crippen LogP contribution in [0, 0.1) is 0 Å². The van der Waals surface area contributed by atoms with Gasteiger partial charge < -0.3 is 9.13 Å². The maximum atomic E-state index is 10.1. The van der Waals surface area contributed by atoms with Gasteiger partial charge in [0.25, 0.3) is 0 Å². The topological polar surface area (TPSA) is 53.5 Å². The summed E-state index contributed by atoms with van der Waals surface area (Å²) in [6.07, 6.45) is 0. The van der Waals surface area contributed by atoms with Crippen LogP contribution in [0.1, 0.15) is 43.9 Å². The van der Waals surface area contributed by atoms with Crippen molar-refractivity contribution in [2.45, 2.75) is 0 Å². The predicted molar refractivity (Wildman–Crippen MR) is 234 cm³/mol. The third-order valence-electron chi connectivity index (χ3n) is 9.10. The van der Waals surface area contributed by atoms with Gasteiger partial charge in [-0.25, -0.2) is 4.98 Å². The molecule has 0 saturated heterocycles. The normalized spacial score (nSPS) is 19.7. The molecule has 4 heterocycles. The minimum absolute atomic E-state index is 0.573. The molecule has 6 heteroatoms. The van der Waals surface area contributed by atoms with E-state index < -0.39 is 299 Å². The number of hydrogen-bond acceptors (Lipinski definition) is 3. The molecule has 0 N–H and O–H groups in total. The molecule has 0 atom stereocenters. The summed E-state index contributed by atoms with van der Waals surface area (Å²) in [6, 6.07) is -30.8. The van der Waals surface area contributed by atoms with E-state index in [-0.39, 0.29) is 0 Å². The van der Waals surface area contributed by atoms with Crippen LogP contribution < -0.4 is 0 Å². The zero-order valence-electron chi connectivity index (χ0n) is 60.2. The zero-order valence-corrected chi connectivity index (χ0v) is 28.2. The molecule has 0 aliphatic rings. The third kappa shape index (κ3) is 4.74. The molecule has 12 rings (SSSR count). The van der Waals surface area contributed by atoms with E-state index in [1.807, 2.05) is 0 Å². The first-order valence-corrected chi connectivity index (χ1v) is 16.6. The fourth-order valence-electron chi connectivity index (χ4n) is 6.85. The van der Waals surface area contributed by atoms with Gasteiger partial charge in [-0.1, -0.05) is 139 Å². The SMILES string of the molecule is [2H]c1c([2H])c([2H])c(-c2nc(-c3c([2H])c([2H])c4c5c([2H])c([2H])c([2H])c([2H])c5n(-c5c([2H])c([2H])c([2H])c([2H])c5[2H])c4c3[2H])nc(-n3c4c([2H])c([2H])c([2H])c([2H])c4c4c([2H])c([2H])c5c(c6c([2H])c([2H])c([2H])c([2H])c6n5-c5c([2H])c([2H])c([2H])c([2H])c5[2H])c43)n2)c([2H])c1[2H]. The summed E-state index contributed by atoms with van der Waals surface area (Å²) in [5.41, 5.74) is -7.58. The minimum Gasteiger partial charge on any atom is -0.309 e. The Kier molecular flexibility index (Phi) is 2.91. The second kappa shape index (κ2) is 12.3. The lowest BCUT2D eigenvalue weighted by atomic mass is 10.1. The van der Waals surface area contributed by atoms with Crippen LogP contribution in [0.4, 0.5) is 0 Å². The van der Waals surface area contributed by atoms with Gasteiger partial charge in [0.05, 0.1) is 77.0 Å². The summed E-state index contributed by atoms with van der Waals surface area (Å²) in [6.45, 7) is 0. The van der Waals surface area contributed by atoms with E-state index >= 15 is 0 Å². The monoisotopic (exact) mass is 760 g/mol. The molecule has 12 aromatic rings. The average molecular weight is 761 g/mol. The van der Waals surface area contributed by atoms with Crippen LogP contribution in [0.2, 0.25) is 0 Å². The summed E-state index contributed by atoms with van der Waals surface area (Å²) >= 11 is 0. The molecule has 0 bridgehead atoms. The highest BCUT2D eigenvalue weighted by Crippen LogP contribution is 2.42. The van der Waals surface area contributed by atoms with Crippen molar-refractivity contribution in [3.63, 3.8) is 0 Å². The lowest BCUT2D eigenvalue weighted by molar-refractivity contribution is 0.955. The molecular formula is C51H32N6. The standard InChI is InChI=1S/C51H32N6/c1-4-16-33(17-5-1)49-52-50(34-28-29-39-37-22-10-13-25-42(37)56(46(39)32-34)36-20-8-3-9-21-36)54-51(53-49)57-43-26-14-11-23-38(43)40-30-31-45-47(48(40)57)41-24-12-15-27-44(41)55(45)35-18-6-2-7-19-35/h1-32H/i1D,2D,3D,4D,5D,6D,7D,8D,9D,10D,11D,12D,13D,14D,15D,16D,17D,18D,19D,20D,21D,22D,23D,24D,25D,26D,27D,28D,29D,30D,31D,32D. The lowest BCUT2D eigenvalue weighted by Gasteiger charge is -2.12. The number of nitrogens with zero attached hydrogens (tertiary/aromatic N) is 6. The second-order valence-corrected chi connectivity index (χ2v) is 12.1. The Morgan fingerprint density at radius 2 is 0.807 bits per heavy atom. The first kappa shape index (κ1) is 13.4. The molecule has 0 fully saturated rings. The Morgan fingerprint density at radius 3 is 1.47 bits per heavy atom. The molecule has 0 amide bonds. The largest absolute Gasteiger partial charge is 0.309 e. The van der Waals surface area contributed by atoms with Crippen LogP contribution in [0.3, 0.4) is 0 Å². The predicted octanol–water partition coefficient (Wildman–Crippen LogP) is 12.5. The first-order chi connectivity index (χ1) is 41.6. The molecule has 57 heavy (non-hydrogen) atoms. The van der Waals surface area contributed by atoms with Gasteiger partial charge in [0.1, 0.15) is 0 Å². The van der Waals surface area contributed by atoms with E-state index in [1.165, 1.54) is 0 Å². The molecular weight excluding hydrogens is 697 g/mol. The fourth-order valence-corrected chi connectivity index (χ4v) is 6.85.